The van der Waals surface area contributed by atoms with Gasteiger partial charge >= 0.3 is 0 Å². The molecule has 0 saturated heterocycles. The smallest absolute Gasteiger partial charge is 0.00933 e. The van der Waals surface area contributed by atoms with Crippen molar-refractivity contribution >= 4 is 0 Å². The molecule has 1 unspecified atom stereocenters. The molecule has 1 fully saturated rings. The Balaban J connectivity index is 2.03. The molecule has 0 radical (unpaired) electrons. The molecule has 0 aromatic carbocycles. The summed E-state index contributed by atoms with van der Waals surface area (Å²) >= 11 is 0. The fourth-order valence-electron chi connectivity index (χ4n) is 2.40. The van der Waals surface area contributed by atoms with Gasteiger partial charge in [-0.15, -0.1) is 0 Å². The van der Waals surface area contributed by atoms with Crippen molar-refractivity contribution in [2.75, 3.05) is 20.1 Å². The zero-order chi connectivity index (χ0) is 11.1. The topological polar surface area (TPSA) is 29.3 Å². The van der Waals surface area contributed by atoms with Gasteiger partial charge in [0.25, 0.3) is 0 Å². The monoisotopic (exact) mass is 212 g/mol. The first kappa shape index (κ1) is 13.0. The minimum absolute atomic E-state index is 0.864. The number of hydrogen-bond donors (Lipinski definition) is 1. The molecule has 2 N–H and O–H groups in total. The van der Waals surface area contributed by atoms with E-state index in [1.165, 1.54) is 51.5 Å². The van der Waals surface area contributed by atoms with E-state index in [9.17, 15) is 0 Å². The van der Waals surface area contributed by atoms with Crippen LogP contribution in [-0.2, 0) is 0 Å². The van der Waals surface area contributed by atoms with Gasteiger partial charge in [-0.1, -0.05) is 19.8 Å². The Morgan fingerprint density at radius 1 is 1.27 bits per heavy atom. The van der Waals surface area contributed by atoms with Crippen LogP contribution >= 0.6 is 0 Å². The number of nitrogens with two attached hydrogens (primary N) is 1. The highest BCUT2D eigenvalue weighted by atomic mass is 15.1. The zero-order valence-electron chi connectivity index (χ0n) is 10.5. The highest BCUT2D eigenvalue weighted by Crippen LogP contribution is 2.26. The van der Waals surface area contributed by atoms with Gasteiger partial charge in [-0.3, -0.25) is 0 Å². The van der Waals surface area contributed by atoms with Crippen LogP contribution in [0, 0.1) is 5.92 Å². The van der Waals surface area contributed by atoms with Crippen molar-refractivity contribution in [3.05, 3.63) is 0 Å². The van der Waals surface area contributed by atoms with Crippen LogP contribution in [0.2, 0.25) is 0 Å². The molecular formula is C13H28N2. The summed E-state index contributed by atoms with van der Waals surface area (Å²) in [5.74, 6) is 0.882. The Hall–Kier alpha value is -0.0800. The standard InChI is InChI=1S/C13H28N2/c1-3-5-12(9-10-14)6-4-11-15(2)13-7-8-13/h12-13H,3-11,14H2,1-2H3. The Labute approximate surface area is 95.2 Å². The molecule has 0 aliphatic heterocycles. The summed E-state index contributed by atoms with van der Waals surface area (Å²) in [5, 5.41) is 0. The number of nitrogens with zero attached hydrogens (tertiary/aromatic N) is 1. The SMILES string of the molecule is CCCC(CCN)CCCN(C)C1CC1. The fourth-order valence-corrected chi connectivity index (χ4v) is 2.40. The van der Waals surface area contributed by atoms with E-state index < -0.39 is 0 Å². The van der Waals surface area contributed by atoms with Gasteiger partial charge in [-0.2, -0.15) is 0 Å². The van der Waals surface area contributed by atoms with Crippen LogP contribution in [0.4, 0.5) is 0 Å². The van der Waals surface area contributed by atoms with Crippen LogP contribution in [0.1, 0.15) is 51.9 Å². The molecule has 90 valence electrons. The lowest BCUT2D eigenvalue weighted by Gasteiger charge is -2.19. The lowest BCUT2D eigenvalue weighted by molar-refractivity contribution is 0.296. The number of rotatable bonds is 9. The van der Waals surface area contributed by atoms with Crippen molar-refractivity contribution in [2.45, 2.75) is 57.9 Å². The van der Waals surface area contributed by atoms with Crippen molar-refractivity contribution < 1.29 is 0 Å². The third-order valence-corrected chi connectivity index (χ3v) is 3.57. The normalized spacial score (nSPS) is 18.4. The van der Waals surface area contributed by atoms with E-state index in [4.69, 9.17) is 5.73 Å². The van der Waals surface area contributed by atoms with Crippen molar-refractivity contribution in [3.8, 4) is 0 Å². The highest BCUT2D eigenvalue weighted by molar-refractivity contribution is 4.82. The van der Waals surface area contributed by atoms with E-state index in [1.54, 1.807) is 0 Å². The molecule has 1 aliphatic rings. The average Bonchev–Trinajstić information content (AvgIpc) is 3.01. The summed E-state index contributed by atoms with van der Waals surface area (Å²) in [6.45, 7) is 4.43. The van der Waals surface area contributed by atoms with Crippen molar-refractivity contribution in [2.24, 2.45) is 11.7 Å². The molecule has 0 aromatic rings. The molecule has 0 heterocycles. The number of hydrogen-bond acceptors (Lipinski definition) is 2. The summed E-state index contributed by atoms with van der Waals surface area (Å²) < 4.78 is 0. The largest absolute Gasteiger partial charge is 0.330 e. The Bertz CT molecular complexity index is 149. The van der Waals surface area contributed by atoms with Crippen LogP contribution in [0.5, 0.6) is 0 Å². The van der Waals surface area contributed by atoms with E-state index in [0.717, 1.165) is 18.5 Å². The van der Waals surface area contributed by atoms with Gasteiger partial charge in [0, 0.05) is 6.04 Å². The predicted molar refractivity (Wildman–Crippen MR) is 67.0 cm³/mol. The van der Waals surface area contributed by atoms with Crippen LogP contribution in [-0.4, -0.2) is 31.1 Å². The van der Waals surface area contributed by atoms with Gasteiger partial charge < -0.3 is 10.6 Å². The third kappa shape index (κ3) is 5.53. The second-order valence-corrected chi connectivity index (χ2v) is 5.09. The van der Waals surface area contributed by atoms with E-state index in [2.05, 4.69) is 18.9 Å². The summed E-state index contributed by atoms with van der Waals surface area (Å²) in [6, 6.07) is 0.920. The first-order chi connectivity index (χ1) is 7.27. The van der Waals surface area contributed by atoms with Crippen molar-refractivity contribution in [1.29, 1.82) is 0 Å². The van der Waals surface area contributed by atoms with Crippen molar-refractivity contribution in [1.82, 2.24) is 4.90 Å². The maximum Gasteiger partial charge on any atom is 0.00933 e. The summed E-state index contributed by atoms with van der Waals surface area (Å²) in [4.78, 5) is 2.53. The molecule has 0 bridgehead atoms. The van der Waals surface area contributed by atoms with E-state index >= 15 is 0 Å². The molecule has 0 aromatic heterocycles. The maximum atomic E-state index is 5.64. The Morgan fingerprint density at radius 3 is 2.53 bits per heavy atom. The molecule has 1 saturated carbocycles. The summed E-state index contributed by atoms with van der Waals surface area (Å²) in [6.07, 6.45) is 9.49. The van der Waals surface area contributed by atoms with Crippen LogP contribution in [0.15, 0.2) is 0 Å². The molecule has 2 heteroatoms. The van der Waals surface area contributed by atoms with E-state index in [0.29, 0.717) is 0 Å². The Kier molecular flexibility index (Phi) is 6.26. The van der Waals surface area contributed by atoms with Crippen molar-refractivity contribution in [3.63, 3.8) is 0 Å². The third-order valence-electron chi connectivity index (χ3n) is 3.57. The fraction of sp³-hybridized carbons (Fsp3) is 1.00. The van der Waals surface area contributed by atoms with Crippen LogP contribution in [0.25, 0.3) is 0 Å². The van der Waals surface area contributed by atoms with E-state index in [1.807, 2.05) is 0 Å². The molecule has 0 amide bonds. The first-order valence-electron chi connectivity index (χ1n) is 6.68. The zero-order valence-corrected chi connectivity index (χ0v) is 10.5. The second kappa shape index (κ2) is 7.24. The maximum absolute atomic E-state index is 5.64. The quantitative estimate of drug-likeness (QED) is 0.636. The van der Waals surface area contributed by atoms with Gasteiger partial charge in [0.2, 0.25) is 0 Å². The van der Waals surface area contributed by atoms with Crippen LogP contribution in [0.3, 0.4) is 0 Å². The van der Waals surface area contributed by atoms with Gasteiger partial charge in [0.15, 0.2) is 0 Å². The average molecular weight is 212 g/mol. The first-order valence-corrected chi connectivity index (χ1v) is 6.68. The van der Waals surface area contributed by atoms with Gasteiger partial charge in [-0.25, -0.2) is 0 Å². The Morgan fingerprint density at radius 2 is 2.00 bits per heavy atom. The predicted octanol–water partition coefficient (Wildman–Crippen LogP) is 2.63. The minimum Gasteiger partial charge on any atom is -0.330 e. The summed E-state index contributed by atoms with van der Waals surface area (Å²) in [7, 11) is 2.27. The molecule has 1 atom stereocenters. The lowest BCUT2D eigenvalue weighted by Crippen LogP contribution is -2.22. The van der Waals surface area contributed by atoms with Gasteiger partial charge in [0.05, 0.1) is 0 Å². The molecule has 15 heavy (non-hydrogen) atoms. The molecular weight excluding hydrogens is 184 g/mol. The molecule has 2 nitrogen and oxygen atoms in total. The minimum atomic E-state index is 0.864. The molecule has 0 spiro atoms. The molecule has 1 rings (SSSR count). The summed E-state index contributed by atoms with van der Waals surface area (Å²) in [5.41, 5.74) is 5.64. The second-order valence-electron chi connectivity index (χ2n) is 5.09. The van der Waals surface area contributed by atoms with Crippen LogP contribution < -0.4 is 5.73 Å². The lowest BCUT2D eigenvalue weighted by atomic mass is 9.94. The van der Waals surface area contributed by atoms with E-state index in [-0.39, 0.29) is 0 Å². The molecule has 1 aliphatic carbocycles. The van der Waals surface area contributed by atoms with Gasteiger partial charge in [-0.05, 0) is 58.2 Å². The van der Waals surface area contributed by atoms with Gasteiger partial charge in [0.1, 0.15) is 0 Å². The highest BCUT2D eigenvalue weighted by Gasteiger charge is 2.25.